The predicted octanol–water partition coefficient (Wildman–Crippen LogP) is 3.66. The minimum Gasteiger partial charge on any atom is -0.459 e. The standard InChI is InChI=1S/C21H14BrN3O5/c22-13-7-8-18-23-14(10-19(26)25(18)11-13)12-30-21(28)15-4-1-2-5-16(15)24-20(27)17-6-3-9-29-17/h1-11H,12H2,(H,24,27). The van der Waals surface area contributed by atoms with Crippen LogP contribution in [0.5, 0.6) is 0 Å². The fourth-order valence-electron chi connectivity index (χ4n) is 2.78. The third-order valence-corrected chi connectivity index (χ3v) is 4.64. The fourth-order valence-corrected chi connectivity index (χ4v) is 3.12. The lowest BCUT2D eigenvalue weighted by atomic mass is 10.1. The van der Waals surface area contributed by atoms with E-state index >= 15 is 0 Å². The van der Waals surface area contributed by atoms with Crippen LogP contribution in [0.3, 0.4) is 0 Å². The summed E-state index contributed by atoms with van der Waals surface area (Å²) in [7, 11) is 0. The minimum atomic E-state index is -0.664. The van der Waals surface area contributed by atoms with Crippen LogP contribution >= 0.6 is 15.9 Å². The number of hydrogen-bond acceptors (Lipinski definition) is 6. The number of anilines is 1. The molecule has 0 atom stereocenters. The number of halogens is 1. The Balaban J connectivity index is 1.51. The highest BCUT2D eigenvalue weighted by molar-refractivity contribution is 9.10. The van der Waals surface area contributed by atoms with Gasteiger partial charge in [-0.1, -0.05) is 12.1 Å². The highest BCUT2D eigenvalue weighted by Crippen LogP contribution is 2.18. The molecule has 0 fully saturated rings. The molecule has 8 nitrogen and oxygen atoms in total. The molecule has 0 aliphatic carbocycles. The zero-order chi connectivity index (χ0) is 21.1. The maximum atomic E-state index is 12.6. The summed E-state index contributed by atoms with van der Waals surface area (Å²) in [4.78, 5) is 41.4. The topological polar surface area (TPSA) is 103 Å². The first-order valence-corrected chi connectivity index (χ1v) is 9.59. The predicted molar refractivity (Wildman–Crippen MR) is 111 cm³/mol. The van der Waals surface area contributed by atoms with E-state index in [1.165, 1.54) is 28.9 Å². The quantitative estimate of drug-likeness (QED) is 0.449. The van der Waals surface area contributed by atoms with Crippen LogP contribution in [0, 0.1) is 0 Å². The fraction of sp³-hybridized carbons (Fsp3) is 0.0476. The lowest BCUT2D eigenvalue weighted by Crippen LogP contribution is -2.17. The van der Waals surface area contributed by atoms with Crippen LogP contribution in [0.25, 0.3) is 5.65 Å². The van der Waals surface area contributed by atoms with Gasteiger partial charge in [0.2, 0.25) is 0 Å². The van der Waals surface area contributed by atoms with Gasteiger partial charge < -0.3 is 14.5 Å². The first-order valence-electron chi connectivity index (χ1n) is 8.80. The van der Waals surface area contributed by atoms with Crippen LogP contribution in [0.15, 0.2) is 80.7 Å². The molecular formula is C21H14BrN3O5. The Morgan fingerprint density at radius 2 is 1.97 bits per heavy atom. The number of fused-ring (bicyclic) bond motifs is 1. The van der Waals surface area contributed by atoms with Gasteiger partial charge in [-0.05, 0) is 52.3 Å². The van der Waals surface area contributed by atoms with Gasteiger partial charge in [-0.3, -0.25) is 14.0 Å². The van der Waals surface area contributed by atoms with Gasteiger partial charge in [0.25, 0.3) is 11.5 Å². The number of hydrogen-bond donors (Lipinski definition) is 1. The van der Waals surface area contributed by atoms with Crippen LogP contribution in [0.1, 0.15) is 26.6 Å². The molecule has 0 spiro atoms. The zero-order valence-electron chi connectivity index (χ0n) is 15.4. The Bertz CT molecular complexity index is 1300. The smallest absolute Gasteiger partial charge is 0.340 e. The maximum Gasteiger partial charge on any atom is 0.340 e. The normalized spacial score (nSPS) is 10.7. The van der Waals surface area contributed by atoms with Gasteiger partial charge >= 0.3 is 5.97 Å². The summed E-state index contributed by atoms with van der Waals surface area (Å²) in [6, 6.07) is 14.3. The lowest BCUT2D eigenvalue weighted by Gasteiger charge is -2.10. The first-order chi connectivity index (χ1) is 14.5. The van der Waals surface area contributed by atoms with Gasteiger partial charge in [0.05, 0.1) is 23.2 Å². The van der Waals surface area contributed by atoms with Crippen molar-refractivity contribution >= 4 is 39.1 Å². The Labute approximate surface area is 178 Å². The van der Waals surface area contributed by atoms with E-state index in [4.69, 9.17) is 9.15 Å². The molecule has 0 saturated heterocycles. The second-order valence-corrected chi connectivity index (χ2v) is 7.13. The molecule has 30 heavy (non-hydrogen) atoms. The van der Waals surface area contributed by atoms with E-state index in [1.807, 2.05) is 0 Å². The molecule has 1 N–H and O–H groups in total. The summed E-state index contributed by atoms with van der Waals surface area (Å²) in [6.45, 7) is -0.193. The van der Waals surface area contributed by atoms with Crippen molar-refractivity contribution in [2.45, 2.75) is 6.61 Å². The second kappa shape index (κ2) is 8.34. The summed E-state index contributed by atoms with van der Waals surface area (Å²) in [5.74, 6) is -1.04. The number of pyridine rings is 1. The van der Waals surface area contributed by atoms with Crippen LogP contribution in [0.4, 0.5) is 5.69 Å². The first kappa shape index (κ1) is 19.6. The number of esters is 1. The van der Waals surface area contributed by atoms with Gasteiger partial charge in [0.1, 0.15) is 12.3 Å². The number of aromatic nitrogens is 2. The van der Waals surface area contributed by atoms with Gasteiger partial charge in [-0.15, -0.1) is 0 Å². The minimum absolute atomic E-state index is 0.116. The van der Waals surface area contributed by atoms with Crippen LogP contribution < -0.4 is 10.9 Å². The number of amides is 1. The van der Waals surface area contributed by atoms with E-state index in [0.29, 0.717) is 11.3 Å². The molecule has 9 heteroatoms. The number of rotatable bonds is 5. The molecule has 0 bridgehead atoms. The summed E-state index contributed by atoms with van der Waals surface area (Å²) in [6.07, 6.45) is 2.99. The number of para-hydroxylation sites is 1. The Morgan fingerprint density at radius 3 is 2.77 bits per heavy atom. The molecule has 0 aliphatic rings. The molecule has 1 aromatic carbocycles. The summed E-state index contributed by atoms with van der Waals surface area (Å²) < 4.78 is 12.5. The van der Waals surface area contributed by atoms with Crippen molar-refractivity contribution in [2.75, 3.05) is 5.32 Å². The summed E-state index contributed by atoms with van der Waals surface area (Å²) in [5, 5.41) is 2.62. The Kier molecular flexibility index (Phi) is 5.44. The SMILES string of the molecule is O=C(Nc1ccccc1C(=O)OCc1cc(=O)n2cc(Br)ccc2n1)c1ccco1. The van der Waals surface area contributed by atoms with Crippen LogP contribution in [-0.4, -0.2) is 21.3 Å². The average Bonchev–Trinajstić information content (AvgIpc) is 3.28. The third kappa shape index (κ3) is 4.15. The number of carbonyl (C=O) groups is 2. The van der Waals surface area contributed by atoms with Crippen molar-refractivity contribution in [2.24, 2.45) is 0 Å². The number of ether oxygens (including phenoxy) is 1. The number of benzene rings is 1. The number of carbonyl (C=O) groups excluding carboxylic acids is 2. The summed E-state index contributed by atoms with van der Waals surface area (Å²) >= 11 is 3.30. The van der Waals surface area contributed by atoms with E-state index in [2.05, 4.69) is 26.2 Å². The highest BCUT2D eigenvalue weighted by atomic mass is 79.9. The largest absolute Gasteiger partial charge is 0.459 e. The van der Waals surface area contributed by atoms with Gasteiger partial charge in [-0.25, -0.2) is 9.78 Å². The molecule has 4 aromatic rings. The molecule has 0 saturated carbocycles. The molecule has 1 amide bonds. The Morgan fingerprint density at radius 1 is 1.13 bits per heavy atom. The van der Waals surface area contributed by atoms with E-state index in [0.717, 1.165) is 4.47 Å². The molecule has 0 unspecified atom stereocenters. The molecule has 3 aromatic heterocycles. The van der Waals surface area contributed by atoms with Crippen LogP contribution in [0.2, 0.25) is 0 Å². The van der Waals surface area contributed by atoms with Crippen molar-refractivity contribution in [3.05, 3.63) is 98.9 Å². The molecule has 0 aliphatic heterocycles. The number of nitrogens with one attached hydrogen (secondary N) is 1. The molecule has 0 radical (unpaired) electrons. The highest BCUT2D eigenvalue weighted by Gasteiger charge is 2.17. The van der Waals surface area contributed by atoms with Crippen molar-refractivity contribution in [3.8, 4) is 0 Å². The van der Waals surface area contributed by atoms with Gasteiger partial charge in [-0.2, -0.15) is 0 Å². The second-order valence-electron chi connectivity index (χ2n) is 6.21. The Hall–Kier alpha value is -3.72. The molecule has 3 heterocycles. The van der Waals surface area contributed by atoms with E-state index in [9.17, 15) is 14.4 Å². The van der Waals surface area contributed by atoms with Crippen molar-refractivity contribution in [1.29, 1.82) is 0 Å². The van der Waals surface area contributed by atoms with Crippen molar-refractivity contribution in [3.63, 3.8) is 0 Å². The van der Waals surface area contributed by atoms with Gasteiger partial charge in [0.15, 0.2) is 5.76 Å². The zero-order valence-corrected chi connectivity index (χ0v) is 17.0. The lowest BCUT2D eigenvalue weighted by molar-refractivity contribution is 0.0469. The van der Waals surface area contributed by atoms with Crippen molar-refractivity contribution in [1.82, 2.24) is 9.38 Å². The van der Waals surface area contributed by atoms with Crippen LogP contribution in [-0.2, 0) is 11.3 Å². The molecular weight excluding hydrogens is 454 g/mol. The number of nitrogens with zero attached hydrogens (tertiary/aromatic N) is 2. The molecule has 150 valence electrons. The van der Waals surface area contributed by atoms with E-state index < -0.39 is 11.9 Å². The summed E-state index contributed by atoms with van der Waals surface area (Å²) in [5.41, 5.74) is 0.897. The van der Waals surface area contributed by atoms with E-state index in [-0.39, 0.29) is 29.2 Å². The van der Waals surface area contributed by atoms with E-state index in [1.54, 1.807) is 42.6 Å². The average molecular weight is 468 g/mol. The maximum absolute atomic E-state index is 12.6. The monoisotopic (exact) mass is 467 g/mol. The number of furan rings is 1. The van der Waals surface area contributed by atoms with Crippen molar-refractivity contribution < 1.29 is 18.7 Å². The molecule has 4 rings (SSSR count). The third-order valence-electron chi connectivity index (χ3n) is 4.17. The van der Waals surface area contributed by atoms with Gasteiger partial charge in [0, 0.05) is 16.7 Å².